The second-order valence-corrected chi connectivity index (χ2v) is 6.91. The number of para-hydroxylation sites is 1. The summed E-state index contributed by atoms with van der Waals surface area (Å²) >= 11 is 3.34. The number of primary sulfonamides is 1. The lowest BCUT2D eigenvalue weighted by molar-refractivity contribution is -0.117. The third-order valence-corrected chi connectivity index (χ3v) is 4.88. The van der Waals surface area contributed by atoms with Crippen LogP contribution in [0.4, 0.5) is 5.69 Å². The summed E-state index contributed by atoms with van der Waals surface area (Å²) in [6, 6.07) is 5.23. The van der Waals surface area contributed by atoms with Crippen molar-refractivity contribution in [1.82, 2.24) is 0 Å². The summed E-state index contributed by atoms with van der Waals surface area (Å²) in [4.78, 5) is 13.4. The fourth-order valence-corrected chi connectivity index (χ4v) is 3.33. The molecule has 0 radical (unpaired) electrons. The van der Waals surface area contributed by atoms with Crippen LogP contribution in [0.1, 0.15) is 6.42 Å². The predicted molar refractivity (Wildman–Crippen MR) is 74.6 cm³/mol. The Bertz CT molecular complexity index is 617. The molecule has 0 saturated carbocycles. The number of methoxy groups -OCH3 is 1. The molecule has 104 valence electrons. The van der Waals surface area contributed by atoms with Crippen LogP contribution in [0.3, 0.4) is 0 Å². The molecule has 0 bridgehead atoms. The zero-order chi connectivity index (χ0) is 14.2. The van der Waals surface area contributed by atoms with Gasteiger partial charge in [-0.25, -0.2) is 13.6 Å². The molecule has 1 heterocycles. The molecule has 1 fully saturated rings. The lowest BCUT2D eigenvalue weighted by atomic mass is 10.2. The number of hydrogen-bond donors (Lipinski definition) is 1. The van der Waals surface area contributed by atoms with Crippen molar-refractivity contribution < 1.29 is 17.9 Å². The Labute approximate surface area is 119 Å². The Hall–Kier alpha value is -1.12. The maximum Gasteiger partial charge on any atom is 0.228 e. The van der Waals surface area contributed by atoms with Gasteiger partial charge >= 0.3 is 0 Å². The van der Waals surface area contributed by atoms with Crippen LogP contribution in [0, 0.1) is 0 Å². The number of carbonyl (C=O) groups excluding carboxylic acids is 1. The van der Waals surface area contributed by atoms with Gasteiger partial charge in [0, 0.05) is 17.4 Å². The van der Waals surface area contributed by atoms with E-state index in [0.29, 0.717) is 15.9 Å². The molecular weight excluding hydrogens is 336 g/mol. The number of benzene rings is 1. The molecule has 1 aliphatic rings. The smallest absolute Gasteiger partial charge is 0.228 e. The Balaban J connectivity index is 2.41. The largest absolute Gasteiger partial charge is 0.495 e. The highest BCUT2D eigenvalue weighted by molar-refractivity contribution is 9.10. The van der Waals surface area contributed by atoms with Gasteiger partial charge < -0.3 is 9.64 Å². The van der Waals surface area contributed by atoms with E-state index in [1.807, 2.05) is 0 Å². The summed E-state index contributed by atoms with van der Waals surface area (Å²) < 4.78 is 28.6. The number of anilines is 1. The van der Waals surface area contributed by atoms with Crippen LogP contribution >= 0.6 is 15.9 Å². The van der Waals surface area contributed by atoms with E-state index >= 15 is 0 Å². The van der Waals surface area contributed by atoms with E-state index in [0.717, 1.165) is 0 Å². The van der Waals surface area contributed by atoms with Gasteiger partial charge in [0.25, 0.3) is 0 Å². The van der Waals surface area contributed by atoms with Gasteiger partial charge in [-0.3, -0.25) is 4.79 Å². The minimum atomic E-state index is -3.73. The molecule has 6 nitrogen and oxygen atoms in total. The molecule has 1 aromatic rings. The Morgan fingerprint density at radius 3 is 2.68 bits per heavy atom. The summed E-state index contributed by atoms with van der Waals surface area (Å²) in [5.41, 5.74) is 0.529. The molecular formula is C11H13BrN2O4S. The van der Waals surface area contributed by atoms with Crippen LogP contribution in [-0.4, -0.2) is 33.2 Å². The summed E-state index contributed by atoms with van der Waals surface area (Å²) in [6.45, 7) is 0.0383. The van der Waals surface area contributed by atoms with Gasteiger partial charge in [-0.15, -0.1) is 0 Å². The first kappa shape index (κ1) is 14.3. The number of rotatable bonds is 3. The van der Waals surface area contributed by atoms with E-state index in [1.165, 1.54) is 12.0 Å². The van der Waals surface area contributed by atoms with Crippen LogP contribution in [-0.2, 0) is 14.8 Å². The molecule has 19 heavy (non-hydrogen) atoms. The van der Waals surface area contributed by atoms with Crippen LogP contribution < -0.4 is 14.8 Å². The lowest BCUT2D eigenvalue weighted by Crippen LogP contribution is -2.32. The van der Waals surface area contributed by atoms with Gasteiger partial charge in [-0.05, 0) is 28.1 Å². The van der Waals surface area contributed by atoms with E-state index in [2.05, 4.69) is 15.9 Å². The average Bonchev–Trinajstić information content (AvgIpc) is 2.70. The molecule has 2 rings (SSSR count). The van der Waals surface area contributed by atoms with Crippen molar-refractivity contribution in [2.75, 3.05) is 18.6 Å². The van der Waals surface area contributed by atoms with E-state index in [-0.39, 0.29) is 18.9 Å². The van der Waals surface area contributed by atoms with Gasteiger partial charge in [0.1, 0.15) is 16.7 Å². The molecule has 1 unspecified atom stereocenters. The number of sulfonamides is 1. The molecule has 0 aromatic heterocycles. The molecule has 0 aliphatic carbocycles. The number of nitrogens with two attached hydrogens (primary N) is 1. The first-order valence-corrected chi connectivity index (χ1v) is 7.89. The SMILES string of the molecule is COc1cccc(Br)c1N1CC(S(N)(=O)=O)CC1=O. The van der Waals surface area contributed by atoms with Crippen LogP contribution in [0.15, 0.2) is 22.7 Å². The predicted octanol–water partition coefficient (Wildman–Crippen LogP) is 0.852. The van der Waals surface area contributed by atoms with Crippen molar-refractivity contribution in [1.29, 1.82) is 0 Å². The molecule has 8 heteroatoms. The highest BCUT2D eigenvalue weighted by atomic mass is 79.9. The van der Waals surface area contributed by atoms with Crippen molar-refractivity contribution in [2.24, 2.45) is 5.14 Å². The molecule has 0 spiro atoms. The minimum absolute atomic E-state index is 0.0383. The molecule has 2 N–H and O–H groups in total. The van der Waals surface area contributed by atoms with Crippen molar-refractivity contribution in [3.8, 4) is 5.75 Å². The normalized spacial score (nSPS) is 19.8. The first-order chi connectivity index (χ1) is 8.84. The number of ether oxygens (including phenoxy) is 1. The average molecular weight is 349 g/mol. The fourth-order valence-electron chi connectivity index (χ4n) is 2.03. The maximum atomic E-state index is 12.0. The third-order valence-electron chi connectivity index (χ3n) is 2.99. The highest BCUT2D eigenvalue weighted by Crippen LogP contribution is 2.38. The summed E-state index contributed by atoms with van der Waals surface area (Å²) in [7, 11) is -2.24. The first-order valence-electron chi connectivity index (χ1n) is 5.49. The molecule has 1 aliphatic heterocycles. The number of nitrogens with zero attached hydrogens (tertiary/aromatic N) is 1. The lowest BCUT2D eigenvalue weighted by Gasteiger charge is -2.20. The van der Waals surface area contributed by atoms with Crippen LogP contribution in [0.25, 0.3) is 0 Å². The zero-order valence-corrected chi connectivity index (χ0v) is 12.6. The van der Waals surface area contributed by atoms with Crippen LogP contribution in [0.2, 0.25) is 0 Å². The maximum absolute atomic E-state index is 12.0. The second kappa shape index (κ2) is 5.10. The number of hydrogen-bond acceptors (Lipinski definition) is 4. The fraction of sp³-hybridized carbons (Fsp3) is 0.364. The van der Waals surface area contributed by atoms with Crippen molar-refractivity contribution >= 4 is 37.5 Å². The monoisotopic (exact) mass is 348 g/mol. The van der Waals surface area contributed by atoms with Gasteiger partial charge in [0.05, 0.1) is 7.11 Å². The zero-order valence-electron chi connectivity index (χ0n) is 10.2. The Morgan fingerprint density at radius 2 is 2.16 bits per heavy atom. The number of amides is 1. The molecule has 1 atom stereocenters. The minimum Gasteiger partial charge on any atom is -0.495 e. The van der Waals surface area contributed by atoms with E-state index < -0.39 is 15.3 Å². The van der Waals surface area contributed by atoms with Gasteiger partial charge in [-0.1, -0.05) is 6.07 Å². The molecule has 1 saturated heterocycles. The van der Waals surface area contributed by atoms with Crippen LogP contribution in [0.5, 0.6) is 5.75 Å². The summed E-state index contributed by atoms with van der Waals surface area (Å²) in [5, 5.41) is 4.22. The Morgan fingerprint density at radius 1 is 1.47 bits per heavy atom. The second-order valence-electron chi connectivity index (χ2n) is 4.21. The third kappa shape index (κ3) is 2.75. The van der Waals surface area contributed by atoms with Gasteiger partial charge in [-0.2, -0.15) is 0 Å². The highest BCUT2D eigenvalue weighted by Gasteiger charge is 2.38. The molecule has 1 aromatic carbocycles. The van der Waals surface area contributed by atoms with E-state index in [4.69, 9.17) is 9.88 Å². The van der Waals surface area contributed by atoms with Gasteiger partial charge in [0.2, 0.25) is 15.9 Å². The van der Waals surface area contributed by atoms with Gasteiger partial charge in [0.15, 0.2) is 0 Å². The molecule has 1 amide bonds. The van der Waals surface area contributed by atoms with E-state index in [1.54, 1.807) is 18.2 Å². The quantitative estimate of drug-likeness (QED) is 0.876. The van der Waals surface area contributed by atoms with Crippen molar-refractivity contribution in [3.63, 3.8) is 0 Å². The summed E-state index contributed by atoms with van der Waals surface area (Å²) in [5.74, 6) is 0.210. The standard InChI is InChI=1S/C11H13BrN2O4S/c1-18-9-4-2-3-8(12)11(9)14-6-7(5-10(14)15)19(13,16)17/h2-4,7H,5-6H2,1H3,(H2,13,16,17). The Kier molecular flexibility index (Phi) is 3.84. The summed E-state index contributed by atoms with van der Waals surface area (Å²) in [6.07, 6.45) is -0.108. The van der Waals surface area contributed by atoms with Crippen molar-refractivity contribution in [2.45, 2.75) is 11.7 Å². The van der Waals surface area contributed by atoms with Crippen molar-refractivity contribution in [3.05, 3.63) is 22.7 Å². The topological polar surface area (TPSA) is 89.7 Å². The number of carbonyl (C=O) groups is 1. The van der Waals surface area contributed by atoms with E-state index in [9.17, 15) is 13.2 Å². The number of halogens is 1.